The zero-order chi connectivity index (χ0) is 19.3. The van der Waals surface area contributed by atoms with Gasteiger partial charge in [-0.1, -0.05) is 13.8 Å². The molecule has 3 heterocycles. The lowest BCUT2D eigenvalue weighted by atomic mass is 9.95. The van der Waals surface area contributed by atoms with E-state index in [-0.39, 0.29) is 12.1 Å². The summed E-state index contributed by atoms with van der Waals surface area (Å²) >= 11 is 0. The Morgan fingerprint density at radius 1 is 1.15 bits per heavy atom. The summed E-state index contributed by atoms with van der Waals surface area (Å²) in [6.07, 6.45) is 3.00. The SMILES string of the molecule is Cc1cc2oc(=O)cc(Cn3cnc4c(cnn4C)c3=O)c2cc1C(C)C. The number of hydrogen-bond acceptors (Lipinski definition) is 5. The van der Waals surface area contributed by atoms with Gasteiger partial charge >= 0.3 is 5.63 Å². The Hall–Kier alpha value is -3.22. The third-order valence-electron chi connectivity index (χ3n) is 4.90. The zero-order valence-corrected chi connectivity index (χ0v) is 15.7. The van der Waals surface area contributed by atoms with Gasteiger partial charge in [-0.15, -0.1) is 0 Å². The third kappa shape index (κ3) is 2.85. The predicted molar refractivity (Wildman–Crippen MR) is 103 cm³/mol. The lowest BCUT2D eigenvalue weighted by molar-refractivity contribution is 0.556. The van der Waals surface area contributed by atoms with Gasteiger partial charge in [0.25, 0.3) is 5.56 Å². The normalized spacial score (nSPS) is 11.7. The molecule has 138 valence electrons. The number of rotatable bonds is 3. The van der Waals surface area contributed by atoms with Crippen LogP contribution in [0.4, 0.5) is 0 Å². The molecular formula is C20H20N4O3. The fourth-order valence-electron chi connectivity index (χ4n) is 3.51. The minimum absolute atomic E-state index is 0.189. The fourth-order valence-corrected chi connectivity index (χ4v) is 3.51. The second-order valence-corrected chi connectivity index (χ2v) is 7.13. The molecule has 0 fully saturated rings. The van der Waals surface area contributed by atoms with Gasteiger partial charge in [0.15, 0.2) is 5.65 Å². The zero-order valence-electron chi connectivity index (χ0n) is 15.7. The molecule has 0 amide bonds. The summed E-state index contributed by atoms with van der Waals surface area (Å²) in [6, 6.07) is 5.39. The van der Waals surface area contributed by atoms with Crippen molar-refractivity contribution in [3.05, 3.63) is 68.2 Å². The molecule has 0 aliphatic heterocycles. The minimum Gasteiger partial charge on any atom is -0.423 e. The first-order valence-corrected chi connectivity index (χ1v) is 8.79. The van der Waals surface area contributed by atoms with E-state index in [4.69, 9.17) is 4.42 Å². The molecule has 7 heteroatoms. The van der Waals surface area contributed by atoms with Gasteiger partial charge in [-0.2, -0.15) is 5.10 Å². The van der Waals surface area contributed by atoms with Crippen LogP contribution in [-0.2, 0) is 13.6 Å². The van der Waals surface area contributed by atoms with E-state index in [1.165, 1.54) is 28.7 Å². The van der Waals surface area contributed by atoms with Gasteiger partial charge in [-0.3, -0.25) is 14.0 Å². The van der Waals surface area contributed by atoms with Crippen LogP contribution in [-0.4, -0.2) is 19.3 Å². The Morgan fingerprint density at radius 2 is 1.93 bits per heavy atom. The lowest BCUT2D eigenvalue weighted by Gasteiger charge is -2.13. The van der Waals surface area contributed by atoms with E-state index < -0.39 is 5.63 Å². The van der Waals surface area contributed by atoms with Crippen molar-refractivity contribution in [3.8, 4) is 0 Å². The number of aromatic nitrogens is 4. The van der Waals surface area contributed by atoms with E-state index in [1.807, 2.05) is 13.0 Å². The second kappa shape index (κ2) is 6.19. The van der Waals surface area contributed by atoms with Crippen LogP contribution in [0.1, 0.15) is 36.5 Å². The molecule has 7 nitrogen and oxygen atoms in total. The summed E-state index contributed by atoms with van der Waals surface area (Å²) in [4.78, 5) is 29.1. The minimum atomic E-state index is -0.433. The molecule has 3 aromatic heterocycles. The molecule has 0 atom stereocenters. The van der Waals surface area contributed by atoms with Gasteiger partial charge in [0.05, 0.1) is 12.7 Å². The smallest absolute Gasteiger partial charge is 0.336 e. The Bertz CT molecular complexity index is 1290. The average molecular weight is 364 g/mol. The highest BCUT2D eigenvalue weighted by atomic mass is 16.4. The van der Waals surface area contributed by atoms with Crippen molar-refractivity contribution in [3.63, 3.8) is 0 Å². The van der Waals surface area contributed by atoms with E-state index in [0.717, 1.165) is 16.5 Å². The van der Waals surface area contributed by atoms with Crippen LogP contribution in [0.3, 0.4) is 0 Å². The van der Waals surface area contributed by atoms with Gasteiger partial charge < -0.3 is 4.42 Å². The maximum Gasteiger partial charge on any atom is 0.336 e. The largest absolute Gasteiger partial charge is 0.423 e. The standard InChI is InChI=1S/C20H20N4O3/c1-11(2)14-7-15-13(6-18(25)27-17(15)5-12(14)3)9-24-10-21-19-16(20(24)26)8-22-23(19)4/h5-8,10-11H,9H2,1-4H3. The first kappa shape index (κ1) is 17.2. The molecule has 0 saturated carbocycles. The second-order valence-electron chi connectivity index (χ2n) is 7.13. The number of hydrogen-bond donors (Lipinski definition) is 0. The van der Waals surface area contributed by atoms with Crippen LogP contribution in [0.2, 0.25) is 0 Å². The number of fused-ring (bicyclic) bond motifs is 2. The summed E-state index contributed by atoms with van der Waals surface area (Å²) in [5.74, 6) is 0.338. The number of nitrogens with zero attached hydrogens (tertiary/aromatic N) is 4. The van der Waals surface area contributed by atoms with Crippen LogP contribution >= 0.6 is 0 Å². The molecule has 0 radical (unpaired) electrons. The molecule has 4 rings (SSSR count). The first-order valence-electron chi connectivity index (χ1n) is 8.79. The third-order valence-corrected chi connectivity index (χ3v) is 4.90. The van der Waals surface area contributed by atoms with Crippen LogP contribution in [0.25, 0.3) is 22.0 Å². The molecule has 0 saturated heterocycles. The Labute approximate surface area is 154 Å². The molecule has 27 heavy (non-hydrogen) atoms. The quantitative estimate of drug-likeness (QED) is 0.522. The van der Waals surface area contributed by atoms with Gasteiger partial charge in [0, 0.05) is 18.5 Å². The molecule has 4 aromatic rings. The molecule has 1 aromatic carbocycles. The van der Waals surface area contributed by atoms with Gasteiger partial charge in [0.1, 0.15) is 17.3 Å². The van der Waals surface area contributed by atoms with E-state index in [1.54, 1.807) is 11.7 Å². The van der Waals surface area contributed by atoms with E-state index in [9.17, 15) is 9.59 Å². The van der Waals surface area contributed by atoms with Gasteiger partial charge in [0.2, 0.25) is 0 Å². The summed E-state index contributed by atoms with van der Waals surface area (Å²) in [6.45, 7) is 6.49. The Kier molecular flexibility index (Phi) is 3.95. The van der Waals surface area contributed by atoms with Crippen molar-refractivity contribution >= 4 is 22.0 Å². The predicted octanol–water partition coefficient (Wildman–Crippen LogP) is 2.72. The Balaban J connectivity index is 1.91. The van der Waals surface area contributed by atoms with E-state index in [0.29, 0.717) is 22.5 Å². The summed E-state index contributed by atoms with van der Waals surface area (Å²) < 4.78 is 8.44. The topological polar surface area (TPSA) is 82.9 Å². The maximum atomic E-state index is 12.8. The maximum absolute atomic E-state index is 12.8. The van der Waals surface area contributed by atoms with Crippen LogP contribution < -0.4 is 11.2 Å². The summed E-state index contributed by atoms with van der Waals surface area (Å²) in [7, 11) is 1.74. The molecule has 0 bridgehead atoms. The van der Waals surface area contributed by atoms with Crippen molar-refractivity contribution in [2.24, 2.45) is 7.05 Å². The van der Waals surface area contributed by atoms with E-state index >= 15 is 0 Å². The number of aryl methyl sites for hydroxylation is 2. The molecule has 0 aliphatic carbocycles. The Morgan fingerprint density at radius 3 is 2.67 bits per heavy atom. The summed E-state index contributed by atoms with van der Waals surface area (Å²) in [5, 5.41) is 5.37. The highest BCUT2D eigenvalue weighted by Gasteiger charge is 2.14. The number of benzene rings is 1. The monoisotopic (exact) mass is 364 g/mol. The highest BCUT2D eigenvalue weighted by molar-refractivity contribution is 5.82. The highest BCUT2D eigenvalue weighted by Crippen LogP contribution is 2.27. The van der Waals surface area contributed by atoms with Gasteiger partial charge in [-0.05, 0) is 41.7 Å². The fraction of sp³-hybridized carbons (Fsp3) is 0.300. The van der Waals surface area contributed by atoms with Crippen molar-refractivity contribution in [2.45, 2.75) is 33.2 Å². The average Bonchev–Trinajstić information content (AvgIpc) is 2.98. The summed E-state index contributed by atoms with van der Waals surface area (Å²) in [5.41, 5.74) is 3.44. The molecular weight excluding hydrogens is 344 g/mol. The van der Waals surface area contributed by atoms with Crippen molar-refractivity contribution in [2.75, 3.05) is 0 Å². The van der Waals surface area contributed by atoms with Gasteiger partial charge in [-0.25, -0.2) is 9.78 Å². The molecule has 0 spiro atoms. The lowest BCUT2D eigenvalue weighted by Crippen LogP contribution is -2.21. The van der Waals surface area contributed by atoms with Crippen molar-refractivity contribution in [1.82, 2.24) is 19.3 Å². The van der Waals surface area contributed by atoms with Crippen LogP contribution in [0.15, 0.2) is 44.7 Å². The molecule has 0 aliphatic rings. The van der Waals surface area contributed by atoms with Crippen molar-refractivity contribution < 1.29 is 4.42 Å². The molecule has 0 unspecified atom stereocenters. The molecule has 0 N–H and O–H groups in total. The van der Waals surface area contributed by atoms with Crippen molar-refractivity contribution in [1.29, 1.82) is 0 Å². The first-order chi connectivity index (χ1) is 12.8. The van der Waals surface area contributed by atoms with Crippen LogP contribution in [0.5, 0.6) is 0 Å². The van der Waals surface area contributed by atoms with Crippen LogP contribution in [0, 0.1) is 6.92 Å². The van der Waals surface area contributed by atoms with E-state index in [2.05, 4.69) is 30.0 Å².